The third-order valence-electron chi connectivity index (χ3n) is 5.63. The monoisotopic (exact) mass is 527 g/mol. The van der Waals surface area contributed by atoms with E-state index in [1.165, 1.54) is 13.8 Å². The van der Waals surface area contributed by atoms with E-state index < -0.39 is 59.0 Å². The van der Waals surface area contributed by atoms with Gasteiger partial charge in [-0.2, -0.15) is 0 Å². The lowest BCUT2D eigenvalue weighted by Gasteiger charge is -2.43. The van der Waals surface area contributed by atoms with Crippen molar-refractivity contribution in [1.29, 1.82) is 5.41 Å². The molecule has 0 aromatic carbocycles. The zero-order valence-electron chi connectivity index (χ0n) is 21.2. The van der Waals surface area contributed by atoms with Crippen molar-refractivity contribution in [3.05, 3.63) is 0 Å². The van der Waals surface area contributed by atoms with Crippen LogP contribution < -0.4 is 5.73 Å². The van der Waals surface area contributed by atoms with Gasteiger partial charge in [0.1, 0.15) is 41.7 Å². The first-order chi connectivity index (χ1) is 16.6. The highest BCUT2D eigenvalue weighted by atomic mass is 32.2. The first-order valence-electron chi connectivity index (χ1n) is 11.3. The maximum absolute atomic E-state index is 12.8. The zero-order chi connectivity index (χ0) is 27.4. The average molecular weight is 528 g/mol. The fraction of sp³-hybridized carbons (Fsp3) is 0.696. The molecule has 5 atom stereocenters. The minimum Gasteiger partial charge on any atom is -0.463 e. The van der Waals surface area contributed by atoms with Crippen molar-refractivity contribution in [1.82, 2.24) is 0 Å². The lowest BCUT2D eigenvalue weighted by molar-refractivity contribution is -0.208. The molecule has 200 valence electrons. The quantitative estimate of drug-likeness (QED) is 0.159. The molecule has 0 spiro atoms. The van der Waals surface area contributed by atoms with Gasteiger partial charge in [0.2, 0.25) is 0 Å². The standard InChI is InChI=1S/C23H33N3O9S/c1-10(17-14(30)7-23(5,6)8-15(17)31)26-18-20(34-13(4)29)19(33-12(3)28)16(9-32-11(2)27)35-21(18)36-22(24)25/h16-21H,7-9H2,1-6H3,(H3,24,25)/t16-,18-,19-,20-,21+/m1/s1. The first kappa shape index (κ1) is 29.4. The van der Waals surface area contributed by atoms with Crippen LogP contribution in [-0.4, -0.2) is 76.8 Å². The van der Waals surface area contributed by atoms with Crippen molar-refractivity contribution < 1.29 is 42.9 Å². The van der Waals surface area contributed by atoms with Crippen LogP contribution in [0.15, 0.2) is 4.99 Å². The molecule has 0 radical (unpaired) electrons. The van der Waals surface area contributed by atoms with Crippen molar-refractivity contribution in [2.75, 3.05) is 6.61 Å². The molecule has 2 aliphatic rings. The van der Waals surface area contributed by atoms with Gasteiger partial charge in [0.05, 0.1) is 0 Å². The van der Waals surface area contributed by atoms with Gasteiger partial charge in [0, 0.05) is 39.3 Å². The number of ether oxygens (including phenoxy) is 4. The van der Waals surface area contributed by atoms with Gasteiger partial charge < -0.3 is 24.7 Å². The number of Topliss-reactive ketones (excluding diaryl/α,β-unsaturated/α-hetero) is 2. The minimum absolute atomic E-state index is 0.181. The third-order valence-corrected chi connectivity index (χ3v) is 6.51. The Kier molecular flexibility index (Phi) is 9.78. The van der Waals surface area contributed by atoms with Gasteiger partial charge in [0.25, 0.3) is 0 Å². The van der Waals surface area contributed by atoms with Crippen molar-refractivity contribution in [2.45, 2.75) is 84.2 Å². The molecule has 12 nitrogen and oxygen atoms in total. The summed E-state index contributed by atoms with van der Waals surface area (Å²) < 4.78 is 21.9. The molecule has 0 amide bonds. The molecule has 1 heterocycles. The van der Waals surface area contributed by atoms with Gasteiger partial charge in [0.15, 0.2) is 17.4 Å². The van der Waals surface area contributed by atoms with Crippen LogP contribution in [0.5, 0.6) is 0 Å². The van der Waals surface area contributed by atoms with E-state index in [-0.39, 0.29) is 41.9 Å². The van der Waals surface area contributed by atoms with E-state index in [0.717, 1.165) is 25.6 Å². The predicted octanol–water partition coefficient (Wildman–Crippen LogP) is 1.17. The normalized spacial score (nSPS) is 28.8. The number of nitrogens with two attached hydrogens (primary N) is 1. The Hall–Kier alpha value is -2.80. The summed E-state index contributed by atoms with van der Waals surface area (Å²) in [4.78, 5) is 65.6. The second-order valence-electron chi connectivity index (χ2n) is 9.62. The maximum atomic E-state index is 12.8. The van der Waals surface area contributed by atoms with E-state index in [1.54, 1.807) is 0 Å². The number of aliphatic imine (C=N–C) groups is 1. The second kappa shape index (κ2) is 12.0. The molecule has 0 unspecified atom stereocenters. The Balaban J connectivity index is 2.55. The van der Waals surface area contributed by atoms with Gasteiger partial charge in [-0.05, 0) is 12.3 Å². The van der Waals surface area contributed by atoms with Crippen LogP contribution in [0.25, 0.3) is 0 Å². The molecular weight excluding hydrogens is 494 g/mol. The average Bonchev–Trinajstić information content (AvgIpc) is 2.68. The molecule has 2 rings (SSSR count). The van der Waals surface area contributed by atoms with E-state index in [9.17, 15) is 24.0 Å². The van der Waals surface area contributed by atoms with Crippen LogP contribution in [0.4, 0.5) is 0 Å². The zero-order valence-corrected chi connectivity index (χ0v) is 22.0. The largest absolute Gasteiger partial charge is 0.463 e. The lowest BCUT2D eigenvalue weighted by Crippen LogP contribution is -2.60. The number of nitrogens with zero attached hydrogens (tertiary/aromatic N) is 1. The lowest BCUT2D eigenvalue weighted by atomic mass is 9.70. The second-order valence-corrected chi connectivity index (χ2v) is 10.8. The number of thioether (sulfide) groups is 1. The molecule has 13 heteroatoms. The predicted molar refractivity (Wildman–Crippen MR) is 129 cm³/mol. The molecule has 36 heavy (non-hydrogen) atoms. The van der Waals surface area contributed by atoms with Crippen LogP contribution in [0.3, 0.4) is 0 Å². The summed E-state index contributed by atoms with van der Waals surface area (Å²) in [5.41, 5.74) is 4.26. The number of rotatable bonds is 7. The molecule has 0 aromatic heterocycles. The number of amidine groups is 1. The number of esters is 3. The molecule has 1 aliphatic carbocycles. The summed E-state index contributed by atoms with van der Waals surface area (Å²) in [6.07, 6.45) is -3.19. The topological polar surface area (TPSA) is 184 Å². The summed E-state index contributed by atoms with van der Waals surface area (Å²) >= 11 is 0.753. The summed E-state index contributed by atoms with van der Waals surface area (Å²) in [6, 6.07) is -1.11. The fourth-order valence-corrected chi connectivity index (χ4v) is 5.21. The van der Waals surface area contributed by atoms with Crippen LogP contribution in [0.2, 0.25) is 0 Å². The van der Waals surface area contributed by atoms with E-state index in [2.05, 4.69) is 4.99 Å². The third kappa shape index (κ3) is 7.85. The highest BCUT2D eigenvalue weighted by molar-refractivity contribution is 8.14. The Morgan fingerprint density at radius 3 is 2.03 bits per heavy atom. The fourth-order valence-electron chi connectivity index (χ4n) is 4.41. The van der Waals surface area contributed by atoms with Gasteiger partial charge >= 0.3 is 17.9 Å². The molecular formula is C23H33N3O9S. The molecule has 0 bridgehead atoms. The van der Waals surface area contributed by atoms with Crippen LogP contribution in [-0.2, 0) is 42.9 Å². The number of nitrogens with one attached hydrogen (secondary N) is 1. The summed E-state index contributed by atoms with van der Waals surface area (Å²) in [5.74, 6) is -3.69. The molecule has 1 saturated carbocycles. The van der Waals surface area contributed by atoms with Crippen LogP contribution in [0, 0.1) is 16.7 Å². The van der Waals surface area contributed by atoms with Gasteiger partial charge in [-0.15, -0.1) is 0 Å². The number of ketones is 2. The Labute approximate surface area is 213 Å². The van der Waals surface area contributed by atoms with Crippen LogP contribution in [0.1, 0.15) is 54.4 Å². The maximum Gasteiger partial charge on any atom is 0.303 e. The van der Waals surface area contributed by atoms with Crippen molar-refractivity contribution in [2.24, 2.45) is 22.1 Å². The molecule has 1 aliphatic heterocycles. The Morgan fingerprint density at radius 2 is 1.56 bits per heavy atom. The molecule has 2 fully saturated rings. The highest BCUT2D eigenvalue weighted by Crippen LogP contribution is 2.37. The Morgan fingerprint density at radius 1 is 1.03 bits per heavy atom. The molecule has 0 aromatic rings. The molecule has 3 N–H and O–H groups in total. The summed E-state index contributed by atoms with van der Waals surface area (Å²) in [5, 5.41) is 7.39. The number of carbonyl (C=O) groups is 5. The summed E-state index contributed by atoms with van der Waals surface area (Å²) in [7, 11) is 0. The van der Waals surface area contributed by atoms with E-state index >= 15 is 0 Å². The van der Waals surface area contributed by atoms with Crippen molar-refractivity contribution >= 4 is 52.1 Å². The van der Waals surface area contributed by atoms with E-state index in [0.29, 0.717) is 0 Å². The van der Waals surface area contributed by atoms with Gasteiger partial charge in [-0.25, -0.2) is 0 Å². The number of hydrogen-bond acceptors (Lipinski definition) is 12. The minimum atomic E-state index is -1.25. The van der Waals surface area contributed by atoms with E-state index in [4.69, 9.17) is 30.1 Å². The van der Waals surface area contributed by atoms with Gasteiger partial charge in [-0.3, -0.25) is 34.4 Å². The Bertz CT molecular complexity index is 944. The van der Waals surface area contributed by atoms with Crippen LogP contribution >= 0.6 is 11.8 Å². The first-order valence-corrected chi connectivity index (χ1v) is 12.2. The van der Waals surface area contributed by atoms with Crippen molar-refractivity contribution in [3.8, 4) is 0 Å². The smallest absolute Gasteiger partial charge is 0.303 e. The highest BCUT2D eigenvalue weighted by Gasteiger charge is 2.51. The number of hydrogen-bond donors (Lipinski definition) is 2. The van der Waals surface area contributed by atoms with Crippen molar-refractivity contribution in [3.63, 3.8) is 0 Å². The SMILES string of the molecule is CC(=O)OC[C@H]1O[C@@H](SC(=N)N)[C@H](N=C(C)C2C(=O)CC(C)(C)CC2=O)[C@@H](OC(C)=O)[C@@H]1OC(C)=O. The molecule has 1 saturated heterocycles. The number of carbonyl (C=O) groups excluding carboxylic acids is 5. The van der Waals surface area contributed by atoms with Gasteiger partial charge in [-0.1, -0.05) is 25.6 Å². The summed E-state index contributed by atoms with van der Waals surface area (Å²) in [6.45, 7) is 8.33. The van der Waals surface area contributed by atoms with E-state index in [1.807, 2.05) is 13.8 Å².